The minimum Gasteiger partial charge on any atom is -0.157 e. The fourth-order valence-electron chi connectivity index (χ4n) is 0.378. The summed E-state index contributed by atoms with van der Waals surface area (Å²) in [5, 5.41) is 0. The summed E-state index contributed by atoms with van der Waals surface area (Å²) in [6.45, 7) is 6.67. The Morgan fingerprint density at radius 3 is 2.50 bits per heavy atom. The van der Waals surface area contributed by atoms with Gasteiger partial charge in [-0.2, -0.15) is 11.8 Å². The molecule has 0 spiro atoms. The van der Waals surface area contributed by atoms with E-state index in [0.29, 0.717) is 0 Å². The van der Waals surface area contributed by atoms with Gasteiger partial charge in [-0.15, -0.1) is 0 Å². The molecule has 0 atom stereocenters. The molecule has 0 nitrogen and oxygen atoms in total. The standard InChI is InChI=1S/C7H15S/c1-4-5-8-6-7(2)3/h5,7H,4,6H2,1-3H3. The summed E-state index contributed by atoms with van der Waals surface area (Å²) in [6.07, 6.45) is 1.19. The molecule has 0 aromatic heterocycles. The Morgan fingerprint density at radius 1 is 1.50 bits per heavy atom. The number of rotatable bonds is 4. The summed E-state index contributed by atoms with van der Waals surface area (Å²) in [5.41, 5.74) is 0. The van der Waals surface area contributed by atoms with E-state index in [-0.39, 0.29) is 0 Å². The van der Waals surface area contributed by atoms with Gasteiger partial charge in [0.25, 0.3) is 0 Å². The van der Waals surface area contributed by atoms with E-state index in [2.05, 4.69) is 26.5 Å². The molecule has 0 aliphatic rings. The van der Waals surface area contributed by atoms with Crippen molar-refractivity contribution in [2.75, 3.05) is 5.75 Å². The summed E-state index contributed by atoms with van der Waals surface area (Å²) in [6, 6.07) is 0. The van der Waals surface area contributed by atoms with Crippen molar-refractivity contribution in [2.24, 2.45) is 5.92 Å². The Bertz CT molecular complexity index is 41.7. The Kier molecular flexibility index (Phi) is 5.73. The SMILES string of the molecule is CC[CH]SCC(C)C. The predicted molar refractivity (Wildman–Crippen MR) is 41.9 cm³/mol. The van der Waals surface area contributed by atoms with E-state index in [4.69, 9.17) is 0 Å². The van der Waals surface area contributed by atoms with E-state index < -0.39 is 0 Å². The van der Waals surface area contributed by atoms with Crippen LogP contribution in [0.1, 0.15) is 27.2 Å². The van der Waals surface area contributed by atoms with Gasteiger partial charge in [-0.05, 0) is 18.1 Å². The van der Waals surface area contributed by atoms with E-state index in [1.165, 1.54) is 12.2 Å². The Balaban J connectivity index is 2.72. The van der Waals surface area contributed by atoms with Crippen molar-refractivity contribution in [2.45, 2.75) is 27.2 Å². The van der Waals surface area contributed by atoms with Crippen molar-refractivity contribution in [3.63, 3.8) is 0 Å². The first kappa shape index (κ1) is 8.35. The number of hydrogen-bond donors (Lipinski definition) is 0. The maximum Gasteiger partial charge on any atom is 0.0163 e. The van der Waals surface area contributed by atoms with Gasteiger partial charge < -0.3 is 0 Å². The Morgan fingerprint density at radius 2 is 2.12 bits per heavy atom. The molecule has 0 unspecified atom stereocenters. The molecule has 0 heterocycles. The molecule has 0 aliphatic carbocycles. The Labute approximate surface area is 57.1 Å². The van der Waals surface area contributed by atoms with Gasteiger partial charge in [0.05, 0.1) is 0 Å². The molecule has 0 fully saturated rings. The monoisotopic (exact) mass is 131 g/mol. The van der Waals surface area contributed by atoms with Gasteiger partial charge in [0, 0.05) is 5.75 Å². The molecule has 49 valence electrons. The first-order chi connectivity index (χ1) is 3.77. The molecule has 0 N–H and O–H groups in total. The number of thioether (sulfide) groups is 1. The van der Waals surface area contributed by atoms with Gasteiger partial charge in [0.2, 0.25) is 0 Å². The minimum atomic E-state index is 0.836. The summed E-state index contributed by atoms with van der Waals surface area (Å²) in [7, 11) is 0. The summed E-state index contributed by atoms with van der Waals surface area (Å²) in [5.74, 6) is 4.37. The number of hydrogen-bond acceptors (Lipinski definition) is 1. The molecule has 0 aromatic carbocycles. The van der Waals surface area contributed by atoms with Gasteiger partial charge in [0.15, 0.2) is 0 Å². The van der Waals surface area contributed by atoms with E-state index in [9.17, 15) is 0 Å². The molecular weight excluding hydrogens is 116 g/mol. The quantitative estimate of drug-likeness (QED) is 0.529. The molecule has 0 saturated carbocycles. The normalized spacial score (nSPS) is 10.5. The largest absolute Gasteiger partial charge is 0.157 e. The van der Waals surface area contributed by atoms with Gasteiger partial charge in [-0.3, -0.25) is 0 Å². The lowest BCUT2D eigenvalue weighted by Crippen LogP contribution is -1.88. The maximum absolute atomic E-state index is 2.26. The topological polar surface area (TPSA) is 0 Å². The van der Waals surface area contributed by atoms with Crippen LogP contribution in [0.2, 0.25) is 0 Å². The van der Waals surface area contributed by atoms with Crippen molar-refractivity contribution >= 4 is 11.8 Å². The van der Waals surface area contributed by atoms with Crippen LogP contribution in [0.3, 0.4) is 0 Å². The van der Waals surface area contributed by atoms with Crippen LogP contribution in [-0.4, -0.2) is 5.75 Å². The minimum absolute atomic E-state index is 0.836. The first-order valence-electron chi connectivity index (χ1n) is 3.20. The van der Waals surface area contributed by atoms with Crippen LogP contribution in [0.5, 0.6) is 0 Å². The molecule has 0 bridgehead atoms. The fraction of sp³-hybridized carbons (Fsp3) is 0.857. The Hall–Kier alpha value is 0.350. The average molecular weight is 131 g/mol. The zero-order chi connectivity index (χ0) is 6.41. The van der Waals surface area contributed by atoms with Crippen molar-refractivity contribution in [3.8, 4) is 0 Å². The second-order valence-electron chi connectivity index (χ2n) is 2.30. The molecule has 8 heavy (non-hydrogen) atoms. The van der Waals surface area contributed by atoms with Gasteiger partial charge in [-0.1, -0.05) is 20.8 Å². The molecule has 0 saturated heterocycles. The van der Waals surface area contributed by atoms with Crippen LogP contribution >= 0.6 is 11.8 Å². The third-order valence-corrected chi connectivity index (χ3v) is 2.14. The van der Waals surface area contributed by atoms with Crippen molar-refractivity contribution < 1.29 is 0 Å². The molecule has 1 heteroatoms. The molecule has 0 amide bonds. The lowest BCUT2D eigenvalue weighted by atomic mass is 10.3. The summed E-state index contributed by atoms with van der Waals surface area (Å²) < 4.78 is 0. The van der Waals surface area contributed by atoms with Crippen LogP contribution in [-0.2, 0) is 0 Å². The molecule has 0 rings (SSSR count). The lowest BCUT2D eigenvalue weighted by molar-refractivity contribution is 0.751. The highest BCUT2D eigenvalue weighted by Crippen LogP contribution is 2.11. The van der Waals surface area contributed by atoms with Crippen molar-refractivity contribution in [3.05, 3.63) is 5.75 Å². The summed E-state index contributed by atoms with van der Waals surface area (Å²) >= 11 is 1.94. The average Bonchev–Trinajstić information content (AvgIpc) is 1.66. The van der Waals surface area contributed by atoms with Gasteiger partial charge in [-0.25, -0.2) is 0 Å². The second kappa shape index (κ2) is 5.49. The zero-order valence-electron chi connectivity index (χ0n) is 5.98. The summed E-state index contributed by atoms with van der Waals surface area (Å²) in [4.78, 5) is 0. The van der Waals surface area contributed by atoms with Crippen LogP contribution in [0.4, 0.5) is 0 Å². The smallest absolute Gasteiger partial charge is 0.0163 e. The lowest BCUT2D eigenvalue weighted by Gasteiger charge is -2.00. The van der Waals surface area contributed by atoms with E-state index in [0.717, 1.165) is 5.92 Å². The highest BCUT2D eigenvalue weighted by atomic mass is 32.2. The van der Waals surface area contributed by atoms with Crippen molar-refractivity contribution in [1.29, 1.82) is 0 Å². The van der Waals surface area contributed by atoms with Crippen LogP contribution in [0, 0.1) is 11.7 Å². The third kappa shape index (κ3) is 6.35. The molecular formula is C7H15S. The molecule has 0 aromatic rings. The first-order valence-corrected chi connectivity index (χ1v) is 4.25. The zero-order valence-corrected chi connectivity index (χ0v) is 6.79. The van der Waals surface area contributed by atoms with E-state index in [1.807, 2.05) is 11.8 Å². The third-order valence-electron chi connectivity index (χ3n) is 0.714. The molecule has 1 radical (unpaired) electrons. The predicted octanol–water partition coefficient (Wildman–Crippen LogP) is 2.95. The van der Waals surface area contributed by atoms with E-state index in [1.54, 1.807) is 0 Å². The van der Waals surface area contributed by atoms with Crippen molar-refractivity contribution in [1.82, 2.24) is 0 Å². The van der Waals surface area contributed by atoms with Gasteiger partial charge in [0.1, 0.15) is 0 Å². The van der Waals surface area contributed by atoms with Crippen LogP contribution in [0.25, 0.3) is 0 Å². The van der Waals surface area contributed by atoms with Crippen LogP contribution < -0.4 is 0 Å². The second-order valence-corrected chi connectivity index (χ2v) is 3.30. The highest BCUT2D eigenvalue weighted by molar-refractivity contribution is 8.01. The molecule has 0 aliphatic heterocycles. The van der Waals surface area contributed by atoms with Gasteiger partial charge >= 0.3 is 0 Å². The fourth-order valence-corrected chi connectivity index (χ4v) is 1.14. The van der Waals surface area contributed by atoms with Crippen LogP contribution in [0.15, 0.2) is 0 Å². The van der Waals surface area contributed by atoms with E-state index >= 15 is 0 Å². The maximum atomic E-state index is 2.26. The highest BCUT2D eigenvalue weighted by Gasteiger charge is 1.91.